The van der Waals surface area contributed by atoms with Crippen LogP contribution in [-0.2, 0) is 13.1 Å². The molecule has 0 atom stereocenters. The first kappa shape index (κ1) is 15.7. The van der Waals surface area contributed by atoms with Gasteiger partial charge in [-0.1, -0.05) is 29.3 Å². The molecule has 1 amide bonds. The summed E-state index contributed by atoms with van der Waals surface area (Å²) >= 11 is 11.6. The monoisotopic (exact) mass is 392 g/mol. The lowest BCUT2D eigenvalue weighted by molar-refractivity contribution is 0.0707. The molecule has 132 valence electrons. The van der Waals surface area contributed by atoms with Crippen molar-refractivity contribution in [2.24, 2.45) is 0 Å². The number of rotatable bonds is 2. The number of hydrogen-bond acceptors (Lipinski definition) is 4. The summed E-state index contributed by atoms with van der Waals surface area (Å²) in [6.07, 6.45) is 1.44. The van der Waals surface area contributed by atoms with E-state index in [2.05, 4.69) is 15.2 Å². The molecule has 1 aliphatic heterocycles. The third-order valence-corrected chi connectivity index (χ3v) is 4.81. The van der Waals surface area contributed by atoms with Crippen LogP contribution < -0.4 is 0 Å². The van der Waals surface area contributed by atoms with E-state index in [4.69, 9.17) is 24.6 Å². The van der Waals surface area contributed by atoms with E-state index < -0.39 is 11.7 Å². The van der Waals surface area contributed by atoms with E-state index in [1.54, 1.807) is 12.1 Å². The highest BCUT2D eigenvalue weighted by Gasteiger charge is 2.28. The van der Waals surface area contributed by atoms with Crippen molar-refractivity contribution >= 4 is 29.1 Å². The Kier molecular flexibility index (Phi) is 4.03. The average Bonchev–Trinajstić information content (AvgIpc) is 3.09. The maximum atomic E-state index is 13.9. The quantitative estimate of drug-likeness (QED) is 0.626. The first-order chi connectivity index (χ1) is 13.0. The van der Waals surface area contributed by atoms with Crippen molar-refractivity contribution in [1.29, 1.82) is 0 Å². The highest BCUT2D eigenvalue weighted by Crippen LogP contribution is 2.28. The van der Waals surface area contributed by atoms with Gasteiger partial charge in [-0.3, -0.25) is 9.78 Å². The molecule has 3 aromatic rings. The molecule has 9 heteroatoms. The minimum absolute atomic E-state index is 0.0551. The fourth-order valence-electron chi connectivity index (χ4n) is 2.83. The molecule has 2 aromatic heterocycles. The van der Waals surface area contributed by atoms with Crippen molar-refractivity contribution in [3.63, 3.8) is 0 Å². The van der Waals surface area contributed by atoms with Crippen molar-refractivity contribution in [3.05, 3.63) is 63.8 Å². The Hall–Kier alpha value is -2.51. The molecule has 0 aliphatic carbocycles. The normalized spacial score (nSPS) is 14.1. The van der Waals surface area contributed by atoms with Crippen molar-refractivity contribution in [1.82, 2.24) is 24.6 Å². The summed E-state index contributed by atoms with van der Waals surface area (Å²) in [6, 6.07) is 6.35. The van der Waals surface area contributed by atoms with Crippen molar-refractivity contribution < 1.29 is 10.6 Å². The van der Waals surface area contributed by atoms with Gasteiger partial charge >= 0.3 is 0 Å². The first-order valence-electron chi connectivity index (χ1n) is 8.23. The van der Waals surface area contributed by atoms with Gasteiger partial charge in [0.15, 0.2) is 17.5 Å². The summed E-state index contributed by atoms with van der Waals surface area (Å²) in [5, 5.41) is 7.87. The zero-order valence-corrected chi connectivity index (χ0v) is 14.8. The van der Waals surface area contributed by atoms with Gasteiger partial charge in [0.1, 0.15) is 5.69 Å². The van der Waals surface area contributed by atoms with Gasteiger partial charge in [0.05, 0.1) is 23.5 Å². The predicted molar refractivity (Wildman–Crippen MR) is 94.4 cm³/mol. The minimum atomic E-state index is -0.810. The Morgan fingerprint density at radius 2 is 2.08 bits per heavy atom. The lowest BCUT2D eigenvalue weighted by Gasteiger charge is -2.28. The largest absolute Gasteiger partial charge is 0.329 e. The first-order valence-corrected chi connectivity index (χ1v) is 8.49. The second kappa shape index (κ2) is 6.66. The second-order valence-electron chi connectivity index (χ2n) is 5.68. The predicted octanol–water partition coefficient (Wildman–Crippen LogP) is 3.44. The maximum absolute atomic E-state index is 13.9. The van der Waals surface area contributed by atoms with Crippen LogP contribution in [0.25, 0.3) is 11.5 Å². The molecule has 1 aromatic carbocycles. The van der Waals surface area contributed by atoms with E-state index in [1.807, 2.05) is 4.57 Å². The van der Waals surface area contributed by atoms with Crippen LogP contribution in [0.3, 0.4) is 0 Å². The Bertz CT molecular complexity index is 1040. The number of carbonyl (C=O) groups is 1. The van der Waals surface area contributed by atoms with Crippen molar-refractivity contribution in [3.8, 4) is 11.5 Å². The average molecular weight is 393 g/mol. The number of pyridine rings is 1. The third kappa shape index (κ3) is 2.83. The summed E-state index contributed by atoms with van der Waals surface area (Å²) in [6.45, 7) is 1.05. The number of amides is 1. The van der Waals surface area contributed by atoms with Crippen molar-refractivity contribution in [2.75, 3.05) is 6.54 Å². The molecule has 0 fully saturated rings. The van der Waals surface area contributed by atoms with E-state index in [9.17, 15) is 9.18 Å². The van der Waals surface area contributed by atoms with Gasteiger partial charge in [0.25, 0.3) is 5.91 Å². The van der Waals surface area contributed by atoms with Gasteiger partial charge in [-0.15, -0.1) is 10.2 Å². The van der Waals surface area contributed by atoms with Crippen LogP contribution >= 0.6 is 23.2 Å². The molecule has 0 bridgehead atoms. The fourth-order valence-corrected chi connectivity index (χ4v) is 3.29. The summed E-state index contributed by atoms with van der Waals surface area (Å²) in [5.41, 5.74) is 0.659. The Balaban J connectivity index is 1.60. The molecule has 4 rings (SSSR count). The molecule has 3 heterocycles. The van der Waals surface area contributed by atoms with Gasteiger partial charge in [-0.05, 0) is 24.2 Å². The van der Waals surface area contributed by atoms with E-state index >= 15 is 0 Å². The molecule has 0 N–H and O–H groups in total. The third-order valence-electron chi connectivity index (χ3n) is 4.15. The smallest absolute Gasteiger partial charge is 0.255 e. The topological polar surface area (TPSA) is 63.9 Å². The SMILES string of the molecule is [2H]c1ccc(-c2nnc3n2CCN(C(=O)c2ccc(Cl)c(F)c2Cl)C3)nc1. The standard InChI is InChI=1S/C17H12Cl2FN5O/c18-11-5-4-10(14(19)15(11)20)17(26)24-7-8-25-13(9-24)22-23-16(25)12-3-1-2-6-21-12/h1-6H,7-9H2/i2D. The Morgan fingerprint density at radius 3 is 2.85 bits per heavy atom. The van der Waals surface area contributed by atoms with Crippen LogP contribution in [-0.4, -0.2) is 37.1 Å². The van der Waals surface area contributed by atoms with Crippen LogP contribution in [0, 0.1) is 5.82 Å². The number of halogens is 3. The maximum Gasteiger partial charge on any atom is 0.255 e. The minimum Gasteiger partial charge on any atom is -0.329 e. The van der Waals surface area contributed by atoms with Crippen LogP contribution in [0.1, 0.15) is 17.6 Å². The van der Waals surface area contributed by atoms with Gasteiger partial charge < -0.3 is 9.47 Å². The fraction of sp³-hybridized carbons (Fsp3) is 0.176. The second-order valence-corrected chi connectivity index (χ2v) is 6.47. The molecule has 0 saturated heterocycles. The number of fused-ring (bicyclic) bond motifs is 1. The summed E-state index contributed by atoms with van der Waals surface area (Å²) in [7, 11) is 0. The van der Waals surface area contributed by atoms with E-state index in [1.165, 1.54) is 23.2 Å². The number of nitrogens with zero attached hydrogens (tertiary/aromatic N) is 5. The van der Waals surface area contributed by atoms with Crippen LogP contribution in [0.5, 0.6) is 0 Å². The van der Waals surface area contributed by atoms with Gasteiger partial charge in [-0.2, -0.15) is 0 Å². The number of carbonyl (C=O) groups excluding carboxylic acids is 1. The molecule has 0 unspecified atom stereocenters. The Morgan fingerprint density at radius 1 is 1.23 bits per heavy atom. The molecule has 6 nitrogen and oxygen atoms in total. The molecular formula is C17H12Cl2FN5O. The lowest BCUT2D eigenvalue weighted by atomic mass is 10.1. The zero-order valence-electron chi connectivity index (χ0n) is 14.3. The summed E-state index contributed by atoms with van der Waals surface area (Å²) in [5.74, 6) is -0.0433. The molecule has 0 spiro atoms. The number of benzene rings is 1. The molecule has 0 saturated carbocycles. The molecule has 26 heavy (non-hydrogen) atoms. The molecule has 1 aliphatic rings. The highest BCUT2D eigenvalue weighted by atomic mass is 35.5. The Labute approximate surface area is 159 Å². The highest BCUT2D eigenvalue weighted by molar-refractivity contribution is 6.37. The van der Waals surface area contributed by atoms with E-state index in [-0.39, 0.29) is 22.2 Å². The number of aromatic nitrogens is 4. The van der Waals surface area contributed by atoms with E-state index in [0.29, 0.717) is 36.5 Å². The molecule has 0 radical (unpaired) electrons. The van der Waals surface area contributed by atoms with Gasteiger partial charge in [-0.25, -0.2) is 4.39 Å². The molecular weight excluding hydrogens is 380 g/mol. The summed E-state index contributed by atoms with van der Waals surface area (Å²) < 4.78 is 23.3. The van der Waals surface area contributed by atoms with Crippen LogP contribution in [0.4, 0.5) is 4.39 Å². The lowest BCUT2D eigenvalue weighted by Crippen LogP contribution is -2.38. The summed E-state index contributed by atoms with van der Waals surface area (Å²) in [4.78, 5) is 18.5. The van der Waals surface area contributed by atoms with Crippen LogP contribution in [0.2, 0.25) is 10.0 Å². The number of hydrogen-bond donors (Lipinski definition) is 0. The van der Waals surface area contributed by atoms with Gasteiger partial charge in [0, 0.05) is 19.3 Å². The van der Waals surface area contributed by atoms with Gasteiger partial charge in [0.2, 0.25) is 0 Å². The van der Waals surface area contributed by atoms with Crippen molar-refractivity contribution in [2.45, 2.75) is 13.1 Å². The van der Waals surface area contributed by atoms with E-state index in [0.717, 1.165) is 0 Å². The zero-order chi connectivity index (χ0) is 19.1. The van der Waals surface area contributed by atoms with Crippen LogP contribution in [0.15, 0.2) is 36.5 Å².